The first-order valence-electron chi connectivity index (χ1n) is 10.9. The molecule has 1 unspecified atom stereocenters. The molecule has 2 amide bonds. The van der Waals surface area contributed by atoms with E-state index in [0.29, 0.717) is 18.7 Å². The molecule has 1 atom stereocenters. The highest BCUT2D eigenvalue weighted by Gasteiger charge is 2.30. The Labute approximate surface area is 185 Å². The summed E-state index contributed by atoms with van der Waals surface area (Å²) in [5.41, 5.74) is 2.73. The van der Waals surface area contributed by atoms with Gasteiger partial charge in [0.1, 0.15) is 11.8 Å². The minimum absolute atomic E-state index is 0.00204. The van der Waals surface area contributed by atoms with Crippen LogP contribution < -0.4 is 15.0 Å². The van der Waals surface area contributed by atoms with Crippen LogP contribution in [0.2, 0.25) is 0 Å². The van der Waals surface area contributed by atoms with Gasteiger partial charge in [-0.2, -0.15) is 0 Å². The SMILES string of the molecule is COc1ccc(N2CCCN(C(=O)C(NC(=O)c3cccc(C)c3)C(C)C)CC2)cc1. The van der Waals surface area contributed by atoms with Crippen molar-refractivity contribution in [3.8, 4) is 5.75 Å². The molecule has 0 aromatic heterocycles. The molecular formula is C25H33N3O3. The molecule has 6 heteroatoms. The van der Waals surface area contributed by atoms with Gasteiger partial charge < -0.3 is 19.9 Å². The first-order chi connectivity index (χ1) is 14.9. The second-order valence-corrected chi connectivity index (χ2v) is 8.43. The highest BCUT2D eigenvalue weighted by atomic mass is 16.5. The van der Waals surface area contributed by atoms with E-state index in [1.165, 1.54) is 0 Å². The van der Waals surface area contributed by atoms with Crippen LogP contribution in [-0.2, 0) is 4.79 Å². The Morgan fingerprint density at radius 2 is 1.74 bits per heavy atom. The maximum Gasteiger partial charge on any atom is 0.251 e. The number of carbonyl (C=O) groups is 2. The molecule has 166 valence electrons. The predicted octanol–water partition coefficient (Wildman–Crippen LogP) is 3.50. The maximum absolute atomic E-state index is 13.3. The van der Waals surface area contributed by atoms with Crippen LogP contribution >= 0.6 is 0 Å². The lowest BCUT2D eigenvalue weighted by Crippen LogP contribution is -2.52. The van der Waals surface area contributed by atoms with Crippen LogP contribution in [0.25, 0.3) is 0 Å². The number of hydrogen-bond donors (Lipinski definition) is 1. The lowest BCUT2D eigenvalue weighted by Gasteiger charge is -2.29. The minimum atomic E-state index is -0.541. The van der Waals surface area contributed by atoms with Gasteiger partial charge in [-0.1, -0.05) is 31.5 Å². The molecule has 1 aliphatic rings. The number of hydrogen-bond acceptors (Lipinski definition) is 4. The van der Waals surface area contributed by atoms with E-state index in [9.17, 15) is 9.59 Å². The van der Waals surface area contributed by atoms with Gasteiger partial charge in [-0.3, -0.25) is 9.59 Å². The fraction of sp³-hybridized carbons (Fsp3) is 0.440. The maximum atomic E-state index is 13.3. The molecule has 0 spiro atoms. The summed E-state index contributed by atoms with van der Waals surface area (Å²) in [7, 11) is 1.66. The van der Waals surface area contributed by atoms with Gasteiger partial charge in [-0.25, -0.2) is 0 Å². The van der Waals surface area contributed by atoms with Crippen LogP contribution in [0.15, 0.2) is 48.5 Å². The van der Waals surface area contributed by atoms with E-state index in [2.05, 4.69) is 22.3 Å². The molecule has 31 heavy (non-hydrogen) atoms. The van der Waals surface area contributed by atoms with Crippen LogP contribution in [0.1, 0.15) is 36.2 Å². The van der Waals surface area contributed by atoms with E-state index >= 15 is 0 Å². The average molecular weight is 424 g/mol. The zero-order valence-electron chi connectivity index (χ0n) is 18.9. The van der Waals surface area contributed by atoms with Crippen molar-refractivity contribution in [2.45, 2.75) is 33.2 Å². The number of methoxy groups -OCH3 is 1. The van der Waals surface area contributed by atoms with Gasteiger partial charge in [-0.15, -0.1) is 0 Å². The monoisotopic (exact) mass is 423 g/mol. The van der Waals surface area contributed by atoms with Gasteiger partial charge in [-0.05, 0) is 55.7 Å². The zero-order valence-corrected chi connectivity index (χ0v) is 18.9. The van der Waals surface area contributed by atoms with E-state index in [4.69, 9.17) is 4.74 Å². The highest BCUT2D eigenvalue weighted by molar-refractivity contribution is 5.97. The largest absolute Gasteiger partial charge is 0.497 e. The third-order valence-corrected chi connectivity index (χ3v) is 5.74. The first kappa shape index (κ1) is 22.7. The number of nitrogens with zero attached hydrogens (tertiary/aromatic N) is 2. The van der Waals surface area contributed by atoms with Gasteiger partial charge in [0.25, 0.3) is 5.91 Å². The van der Waals surface area contributed by atoms with Crippen molar-refractivity contribution in [1.29, 1.82) is 0 Å². The van der Waals surface area contributed by atoms with Gasteiger partial charge in [0.05, 0.1) is 7.11 Å². The topological polar surface area (TPSA) is 61.9 Å². The fourth-order valence-electron chi connectivity index (χ4n) is 3.91. The molecule has 3 rings (SSSR count). The molecule has 0 radical (unpaired) electrons. The molecule has 2 aromatic rings. The van der Waals surface area contributed by atoms with E-state index in [-0.39, 0.29) is 17.7 Å². The average Bonchev–Trinajstić information content (AvgIpc) is 3.03. The van der Waals surface area contributed by atoms with Crippen molar-refractivity contribution in [3.63, 3.8) is 0 Å². The summed E-state index contributed by atoms with van der Waals surface area (Å²) >= 11 is 0. The van der Waals surface area contributed by atoms with Gasteiger partial charge in [0.15, 0.2) is 0 Å². The van der Waals surface area contributed by atoms with E-state index in [1.807, 2.05) is 56.0 Å². The van der Waals surface area contributed by atoms with Crippen molar-refractivity contribution in [2.75, 3.05) is 38.2 Å². The van der Waals surface area contributed by atoms with Crippen LogP contribution in [0.4, 0.5) is 5.69 Å². The molecule has 1 fully saturated rings. The summed E-state index contributed by atoms with van der Waals surface area (Å²) in [6.45, 7) is 8.87. The Hall–Kier alpha value is -3.02. The second kappa shape index (κ2) is 10.3. The van der Waals surface area contributed by atoms with Crippen LogP contribution in [0, 0.1) is 12.8 Å². The van der Waals surface area contributed by atoms with Crippen LogP contribution in [0.3, 0.4) is 0 Å². The minimum Gasteiger partial charge on any atom is -0.497 e. The number of anilines is 1. The number of benzene rings is 2. The smallest absolute Gasteiger partial charge is 0.251 e. The summed E-state index contributed by atoms with van der Waals surface area (Å²) < 4.78 is 5.24. The van der Waals surface area contributed by atoms with Crippen LogP contribution in [-0.4, -0.2) is 56.0 Å². The molecule has 0 aliphatic carbocycles. The second-order valence-electron chi connectivity index (χ2n) is 8.43. The summed E-state index contributed by atoms with van der Waals surface area (Å²) in [4.78, 5) is 30.3. The fourth-order valence-corrected chi connectivity index (χ4v) is 3.91. The normalized spacial score (nSPS) is 15.4. The first-order valence-corrected chi connectivity index (χ1v) is 10.9. The van der Waals surface area contributed by atoms with Crippen molar-refractivity contribution in [1.82, 2.24) is 10.2 Å². The Morgan fingerprint density at radius 3 is 2.39 bits per heavy atom. The number of ether oxygens (including phenoxy) is 1. The number of carbonyl (C=O) groups excluding carboxylic acids is 2. The third kappa shape index (κ3) is 5.78. The summed E-state index contributed by atoms with van der Waals surface area (Å²) in [5.74, 6) is 0.625. The number of amides is 2. The molecule has 6 nitrogen and oxygen atoms in total. The van der Waals surface area contributed by atoms with Gasteiger partial charge in [0, 0.05) is 37.4 Å². The lowest BCUT2D eigenvalue weighted by molar-refractivity contribution is -0.134. The highest BCUT2D eigenvalue weighted by Crippen LogP contribution is 2.21. The summed E-state index contributed by atoms with van der Waals surface area (Å²) in [5, 5.41) is 2.98. The van der Waals surface area contributed by atoms with Crippen molar-refractivity contribution < 1.29 is 14.3 Å². The summed E-state index contributed by atoms with van der Waals surface area (Å²) in [6.07, 6.45) is 0.883. The van der Waals surface area contributed by atoms with E-state index in [1.54, 1.807) is 13.2 Å². The molecule has 1 aliphatic heterocycles. The van der Waals surface area contributed by atoms with Crippen LogP contribution in [0.5, 0.6) is 5.75 Å². The number of rotatable bonds is 6. The van der Waals surface area contributed by atoms with Gasteiger partial charge in [0.2, 0.25) is 5.91 Å². The molecule has 1 saturated heterocycles. The predicted molar refractivity (Wildman–Crippen MR) is 124 cm³/mol. The third-order valence-electron chi connectivity index (χ3n) is 5.74. The number of aryl methyl sites for hydroxylation is 1. The van der Waals surface area contributed by atoms with E-state index < -0.39 is 6.04 Å². The van der Waals surface area contributed by atoms with Crippen molar-refractivity contribution in [2.24, 2.45) is 5.92 Å². The summed E-state index contributed by atoms with van der Waals surface area (Å²) in [6, 6.07) is 14.9. The lowest BCUT2D eigenvalue weighted by atomic mass is 10.0. The number of nitrogens with one attached hydrogen (secondary N) is 1. The Morgan fingerprint density at radius 1 is 1.00 bits per heavy atom. The molecular weight excluding hydrogens is 390 g/mol. The Kier molecular flexibility index (Phi) is 7.55. The molecule has 2 aromatic carbocycles. The Bertz CT molecular complexity index is 895. The molecule has 0 bridgehead atoms. The Balaban J connectivity index is 1.65. The standard InChI is InChI=1S/C25H33N3O3/c1-18(2)23(26-24(29)20-8-5-7-19(3)17-20)25(30)28-14-6-13-27(15-16-28)21-9-11-22(31-4)12-10-21/h5,7-12,17-18,23H,6,13-16H2,1-4H3,(H,26,29). The van der Waals surface area contributed by atoms with E-state index in [0.717, 1.165) is 36.5 Å². The zero-order chi connectivity index (χ0) is 22.4. The molecule has 0 saturated carbocycles. The molecule has 1 N–H and O–H groups in total. The van der Waals surface area contributed by atoms with Crippen molar-refractivity contribution in [3.05, 3.63) is 59.7 Å². The van der Waals surface area contributed by atoms with Gasteiger partial charge >= 0.3 is 0 Å². The van der Waals surface area contributed by atoms with Crippen molar-refractivity contribution >= 4 is 17.5 Å². The quantitative estimate of drug-likeness (QED) is 0.773. The molecule has 1 heterocycles.